The van der Waals surface area contributed by atoms with Crippen LogP contribution < -0.4 is 9.62 Å². The molecule has 8 heteroatoms. The Morgan fingerprint density at radius 3 is 2.18 bits per heavy atom. The molecule has 152 valence electrons. The molecule has 1 N–H and O–H groups in total. The Morgan fingerprint density at radius 2 is 1.64 bits per heavy atom. The molecule has 0 aliphatic rings. The normalized spacial score (nSPS) is 11.5. The lowest BCUT2D eigenvalue weighted by atomic mass is 10.1. The van der Waals surface area contributed by atoms with E-state index in [0.29, 0.717) is 23.4 Å². The largest absolute Gasteiger partial charge is 0.352 e. The van der Waals surface area contributed by atoms with Crippen LogP contribution in [0.25, 0.3) is 0 Å². The van der Waals surface area contributed by atoms with Crippen molar-refractivity contribution in [3.63, 3.8) is 0 Å². The van der Waals surface area contributed by atoms with Gasteiger partial charge in [0.1, 0.15) is 5.82 Å². The lowest BCUT2D eigenvalue weighted by Crippen LogP contribution is -2.29. The van der Waals surface area contributed by atoms with E-state index in [1.165, 1.54) is 16.4 Å². The van der Waals surface area contributed by atoms with Gasteiger partial charge in [-0.2, -0.15) is 0 Å². The van der Waals surface area contributed by atoms with E-state index in [2.05, 4.69) is 5.32 Å². The minimum absolute atomic E-state index is 0.0786. The SMILES string of the molecule is CN(C)CCCNC(=O)c1ccc(N(Cc2ccc(F)cc2)S(C)(=O)=O)cc1. The molecule has 28 heavy (non-hydrogen) atoms. The van der Waals surface area contributed by atoms with Crippen LogP contribution in [0, 0.1) is 5.82 Å². The number of carbonyl (C=O) groups excluding carboxylic acids is 1. The van der Waals surface area contributed by atoms with Gasteiger partial charge >= 0.3 is 0 Å². The van der Waals surface area contributed by atoms with Gasteiger partial charge in [-0.15, -0.1) is 0 Å². The molecule has 0 radical (unpaired) electrons. The van der Waals surface area contributed by atoms with Crippen molar-refractivity contribution in [3.05, 3.63) is 65.5 Å². The highest BCUT2D eigenvalue weighted by molar-refractivity contribution is 7.92. The topological polar surface area (TPSA) is 69.7 Å². The first-order valence-electron chi connectivity index (χ1n) is 8.92. The molecule has 0 heterocycles. The molecule has 2 rings (SSSR count). The highest BCUT2D eigenvalue weighted by Crippen LogP contribution is 2.21. The van der Waals surface area contributed by atoms with Gasteiger partial charge in [-0.1, -0.05) is 12.1 Å². The van der Waals surface area contributed by atoms with E-state index in [4.69, 9.17) is 0 Å². The minimum Gasteiger partial charge on any atom is -0.352 e. The maximum atomic E-state index is 13.1. The first kappa shape index (κ1) is 21.8. The van der Waals surface area contributed by atoms with Crippen LogP contribution in [-0.4, -0.2) is 52.7 Å². The number of hydrogen-bond donors (Lipinski definition) is 1. The second kappa shape index (κ2) is 9.66. The molecule has 0 bridgehead atoms. The molecular formula is C20H26FN3O3S. The van der Waals surface area contributed by atoms with Crippen LogP contribution in [0.5, 0.6) is 0 Å². The van der Waals surface area contributed by atoms with Crippen molar-refractivity contribution in [3.8, 4) is 0 Å². The van der Waals surface area contributed by atoms with Crippen LogP contribution in [0.4, 0.5) is 10.1 Å². The van der Waals surface area contributed by atoms with E-state index in [1.807, 2.05) is 19.0 Å². The predicted octanol–water partition coefficient (Wildman–Crippen LogP) is 2.47. The fourth-order valence-electron chi connectivity index (χ4n) is 2.63. The average molecular weight is 408 g/mol. The number of hydrogen-bond acceptors (Lipinski definition) is 4. The van der Waals surface area contributed by atoms with Crippen molar-refractivity contribution in [1.29, 1.82) is 0 Å². The Kier molecular flexibility index (Phi) is 7.53. The van der Waals surface area contributed by atoms with Crippen molar-refractivity contribution in [1.82, 2.24) is 10.2 Å². The zero-order valence-electron chi connectivity index (χ0n) is 16.4. The van der Waals surface area contributed by atoms with Gasteiger partial charge in [0.2, 0.25) is 10.0 Å². The van der Waals surface area contributed by atoms with Gasteiger partial charge < -0.3 is 10.2 Å². The number of nitrogens with one attached hydrogen (secondary N) is 1. The molecule has 0 spiro atoms. The summed E-state index contributed by atoms with van der Waals surface area (Å²) in [6.07, 6.45) is 1.96. The Labute approximate surface area is 166 Å². The third kappa shape index (κ3) is 6.61. The van der Waals surface area contributed by atoms with Crippen molar-refractivity contribution in [2.45, 2.75) is 13.0 Å². The monoisotopic (exact) mass is 407 g/mol. The van der Waals surface area contributed by atoms with E-state index < -0.39 is 10.0 Å². The van der Waals surface area contributed by atoms with Gasteiger partial charge in [-0.05, 0) is 69.0 Å². The fraction of sp³-hybridized carbons (Fsp3) is 0.350. The van der Waals surface area contributed by atoms with Crippen molar-refractivity contribution in [2.24, 2.45) is 0 Å². The maximum absolute atomic E-state index is 13.1. The molecule has 0 saturated heterocycles. The minimum atomic E-state index is -3.55. The lowest BCUT2D eigenvalue weighted by molar-refractivity contribution is 0.0952. The van der Waals surface area contributed by atoms with E-state index >= 15 is 0 Å². The fourth-order valence-corrected chi connectivity index (χ4v) is 3.52. The smallest absolute Gasteiger partial charge is 0.251 e. The van der Waals surface area contributed by atoms with E-state index in [0.717, 1.165) is 19.2 Å². The number of carbonyl (C=O) groups is 1. The zero-order valence-corrected chi connectivity index (χ0v) is 17.2. The van der Waals surface area contributed by atoms with Crippen LogP contribution >= 0.6 is 0 Å². The third-order valence-corrected chi connectivity index (χ3v) is 5.27. The second-order valence-electron chi connectivity index (χ2n) is 6.86. The molecule has 0 aliphatic carbocycles. The average Bonchev–Trinajstić information content (AvgIpc) is 2.63. The number of sulfonamides is 1. The molecule has 0 aromatic heterocycles. The summed E-state index contributed by atoms with van der Waals surface area (Å²) in [5.41, 5.74) is 1.56. The third-order valence-electron chi connectivity index (χ3n) is 4.12. The number of nitrogens with zero attached hydrogens (tertiary/aromatic N) is 2. The molecule has 0 fully saturated rings. The number of halogens is 1. The van der Waals surface area contributed by atoms with Gasteiger partial charge in [-0.25, -0.2) is 12.8 Å². The van der Waals surface area contributed by atoms with Crippen LogP contribution in [0.2, 0.25) is 0 Å². The molecule has 1 amide bonds. The predicted molar refractivity (Wildman–Crippen MR) is 109 cm³/mol. The highest BCUT2D eigenvalue weighted by Gasteiger charge is 2.18. The molecule has 0 aliphatic heterocycles. The van der Waals surface area contributed by atoms with Crippen LogP contribution in [0.3, 0.4) is 0 Å². The molecule has 0 saturated carbocycles. The van der Waals surface area contributed by atoms with E-state index in [1.54, 1.807) is 36.4 Å². The Bertz CT molecular complexity index is 882. The number of rotatable bonds is 9. The summed E-state index contributed by atoms with van der Waals surface area (Å²) in [5, 5.41) is 2.85. The molecule has 0 atom stereocenters. The number of benzene rings is 2. The highest BCUT2D eigenvalue weighted by atomic mass is 32.2. The summed E-state index contributed by atoms with van der Waals surface area (Å²) in [6.45, 7) is 1.53. The van der Waals surface area contributed by atoms with Gasteiger partial charge in [0.25, 0.3) is 5.91 Å². The number of amides is 1. The maximum Gasteiger partial charge on any atom is 0.251 e. The molecular weight excluding hydrogens is 381 g/mol. The van der Waals surface area contributed by atoms with Crippen molar-refractivity contribution < 1.29 is 17.6 Å². The molecule has 2 aromatic carbocycles. The lowest BCUT2D eigenvalue weighted by Gasteiger charge is -2.22. The van der Waals surface area contributed by atoms with Gasteiger partial charge in [0.05, 0.1) is 18.5 Å². The molecule has 0 unspecified atom stereocenters. The van der Waals surface area contributed by atoms with Gasteiger partial charge in [-0.3, -0.25) is 9.10 Å². The Morgan fingerprint density at radius 1 is 1.04 bits per heavy atom. The summed E-state index contributed by atoms with van der Waals surface area (Å²) >= 11 is 0. The van der Waals surface area contributed by atoms with Crippen LogP contribution in [0.1, 0.15) is 22.3 Å². The first-order valence-corrected chi connectivity index (χ1v) is 10.8. The summed E-state index contributed by atoms with van der Waals surface area (Å²) in [7, 11) is 0.394. The summed E-state index contributed by atoms with van der Waals surface area (Å²) in [6, 6.07) is 12.1. The van der Waals surface area contributed by atoms with Crippen molar-refractivity contribution in [2.75, 3.05) is 37.7 Å². The quantitative estimate of drug-likeness (QED) is 0.649. The summed E-state index contributed by atoms with van der Waals surface area (Å²) < 4.78 is 38.7. The van der Waals surface area contributed by atoms with E-state index in [-0.39, 0.29) is 18.3 Å². The van der Waals surface area contributed by atoms with Crippen LogP contribution in [0.15, 0.2) is 48.5 Å². The standard InChI is InChI=1S/C20H26FN3O3S/c1-23(2)14-4-13-22-20(25)17-7-11-19(12-8-17)24(28(3,26)27)15-16-5-9-18(21)10-6-16/h5-12H,4,13-15H2,1-3H3,(H,22,25). The van der Waals surface area contributed by atoms with E-state index in [9.17, 15) is 17.6 Å². The Hall–Kier alpha value is -2.45. The summed E-state index contributed by atoms with van der Waals surface area (Å²) in [5.74, 6) is -0.578. The summed E-state index contributed by atoms with van der Waals surface area (Å²) in [4.78, 5) is 14.2. The number of anilines is 1. The van der Waals surface area contributed by atoms with Gasteiger partial charge in [0.15, 0.2) is 0 Å². The first-order chi connectivity index (χ1) is 13.2. The van der Waals surface area contributed by atoms with Crippen LogP contribution in [-0.2, 0) is 16.6 Å². The molecule has 6 nitrogen and oxygen atoms in total. The second-order valence-corrected chi connectivity index (χ2v) is 8.76. The Balaban J connectivity index is 2.09. The zero-order chi connectivity index (χ0) is 20.7. The van der Waals surface area contributed by atoms with Gasteiger partial charge in [0, 0.05) is 12.1 Å². The molecule has 2 aromatic rings. The van der Waals surface area contributed by atoms with Crippen molar-refractivity contribution >= 4 is 21.6 Å².